The third-order valence-electron chi connectivity index (χ3n) is 2.62. The highest BCUT2D eigenvalue weighted by molar-refractivity contribution is 6.39. The van der Waals surface area contributed by atoms with Crippen LogP contribution in [0.2, 0.25) is 0 Å². The second kappa shape index (κ2) is 3.35. The van der Waals surface area contributed by atoms with Crippen LogP contribution >= 0.6 is 11.6 Å². The average molecular weight is 225 g/mol. The molecule has 1 aliphatic carbocycles. The molecule has 1 N–H and O–H groups in total. The Labute approximate surface area is 91.7 Å². The van der Waals surface area contributed by atoms with Gasteiger partial charge in [0.05, 0.1) is 5.92 Å². The van der Waals surface area contributed by atoms with E-state index >= 15 is 0 Å². The molecule has 0 bridgehead atoms. The Bertz CT molecular complexity index is 415. The number of carboxylic acids is 1. The molecule has 0 aliphatic heterocycles. The standard InChI is InChI=1S/C11H9ClO3/c12-11(10(14)15)6-8(11)9(13)7-4-2-1-3-5-7/h1-5,8H,6H2,(H,14,15). The predicted octanol–water partition coefficient (Wildman–Crippen LogP) is 1.95. The second-order valence-corrected chi connectivity index (χ2v) is 4.33. The number of carboxylic acid groups (broad SMARTS) is 1. The molecule has 15 heavy (non-hydrogen) atoms. The van der Waals surface area contributed by atoms with Gasteiger partial charge in [-0.2, -0.15) is 0 Å². The van der Waals surface area contributed by atoms with Crippen LogP contribution in [0, 0.1) is 5.92 Å². The number of aliphatic carboxylic acids is 1. The molecule has 1 aromatic carbocycles. The number of hydrogen-bond donors (Lipinski definition) is 1. The minimum absolute atomic E-state index is 0.187. The summed E-state index contributed by atoms with van der Waals surface area (Å²) in [6, 6.07) is 8.62. The van der Waals surface area contributed by atoms with Crippen molar-refractivity contribution in [1.82, 2.24) is 0 Å². The zero-order chi connectivity index (χ0) is 11.1. The number of carbonyl (C=O) groups is 2. The lowest BCUT2D eigenvalue weighted by Gasteiger charge is -2.02. The van der Waals surface area contributed by atoms with Gasteiger partial charge in [-0.15, -0.1) is 11.6 Å². The summed E-state index contributed by atoms with van der Waals surface area (Å²) >= 11 is 5.77. The normalized spacial score (nSPS) is 28.5. The highest BCUT2D eigenvalue weighted by Crippen LogP contribution is 2.51. The lowest BCUT2D eigenvalue weighted by Crippen LogP contribution is -2.21. The van der Waals surface area contributed by atoms with Gasteiger partial charge >= 0.3 is 5.97 Å². The molecule has 2 rings (SSSR count). The van der Waals surface area contributed by atoms with Crippen molar-refractivity contribution in [3.63, 3.8) is 0 Å². The maximum absolute atomic E-state index is 11.8. The van der Waals surface area contributed by atoms with E-state index in [1.807, 2.05) is 0 Å². The molecule has 0 spiro atoms. The minimum Gasteiger partial charge on any atom is -0.480 e. The van der Waals surface area contributed by atoms with Crippen molar-refractivity contribution in [3.8, 4) is 0 Å². The van der Waals surface area contributed by atoms with E-state index in [0.29, 0.717) is 5.56 Å². The topological polar surface area (TPSA) is 54.4 Å². The molecule has 1 aliphatic rings. The molecule has 0 aromatic heterocycles. The quantitative estimate of drug-likeness (QED) is 0.631. The van der Waals surface area contributed by atoms with Crippen molar-refractivity contribution in [2.45, 2.75) is 11.3 Å². The molecule has 1 fully saturated rings. The van der Waals surface area contributed by atoms with E-state index < -0.39 is 16.8 Å². The Morgan fingerprint density at radius 1 is 1.33 bits per heavy atom. The molecule has 0 radical (unpaired) electrons. The first-order valence-electron chi connectivity index (χ1n) is 4.57. The summed E-state index contributed by atoms with van der Waals surface area (Å²) in [5.41, 5.74) is 0.520. The summed E-state index contributed by atoms with van der Waals surface area (Å²) in [6.07, 6.45) is 0.220. The van der Waals surface area contributed by atoms with Crippen LogP contribution in [0.5, 0.6) is 0 Å². The Hall–Kier alpha value is -1.35. The van der Waals surface area contributed by atoms with E-state index in [-0.39, 0.29) is 12.2 Å². The van der Waals surface area contributed by atoms with Gasteiger partial charge in [0.1, 0.15) is 0 Å². The first-order chi connectivity index (χ1) is 7.05. The lowest BCUT2D eigenvalue weighted by molar-refractivity contribution is -0.137. The van der Waals surface area contributed by atoms with Crippen molar-refractivity contribution < 1.29 is 14.7 Å². The van der Waals surface area contributed by atoms with Gasteiger partial charge in [0.15, 0.2) is 10.7 Å². The van der Waals surface area contributed by atoms with Crippen LogP contribution in [-0.2, 0) is 4.79 Å². The van der Waals surface area contributed by atoms with Crippen LogP contribution in [-0.4, -0.2) is 21.7 Å². The summed E-state index contributed by atoms with van der Waals surface area (Å²) in [7, 11) is 0. The molecule has 1 saturated carbocycles. The third-order valence-corrected chi connectivity index (χ3v) is 3.20. The van der Waals surface area contributed by atoms with Crippen LogP contribution in [0.4, 0.5) is 0 Å². The van der Waals surface area contributed by atoms with Gasteiger partial charge in [0.25, 0.3) is 0 Å². The zero-order valence-electron chi connectivity index (χ0n) is 7.81. The van der Waals surface area contributed by atoms with Gasteiger partial charge in [-0.1, -0.05) is 30.3 Å². The molecule has 0 amide bonds. The highest BCUT2D eigenvalue weighted by Gasteiger charge is 2.63. The Morgan fingerprint density at radius 3 is 2.40 bits per heavy atom. The molecule has 0 heterocycles. The second-order valence-electron chi connectivity index (χ2n) is 3.65. The third kappa shape index (κ3) is 1.63. The van der Waals surface area contributed by atoms with Crippen LogP contribution in [0.1, 0.15) is 16.8 Å². The Kier molecular flexibility index (Phi) is 2.27. The Balaban J connectivity index is 2.17. The molecule has 2 atom stereocenters. The SMILES string of the molecule is O=C(c1ccccc1)C1CC1(Cl)C(=O)O. The number of benzene rings is 1. The highest BCUT2D eigenvalue weighted by atomic mass is 35.5. The maximum Gasteiger partial charge on any atom is 0.325 e. The molecule has 1 aromatic rings. The van der Waals surface area contributed by atoms with Crippen molar-refractivity contribution in [2.24, 2.45) is 5.92 Å². The van der Waals surface area contributed by atoms with E-state index in [0.717, 1.165) is 0 Å². The van der Waals surface area contributed by atoms with Gasteiger partial charge < -0.3 is 5.11 Å². The van der Waals surface area contributed by atoms with Crippen molar-refractivity contribution in [1.29, 1.82) is 0 Å². The van der Waals surface area contributed by atoms with E-state index in [9.17, 15) is 9.59 Å². The summed E-state index contributed by atoms with van der Waals surface area (Å²) in [6.45, 7) is 0. The van der Waals surface area contributed by atoms with Gasteiger partial charge in [-0.25, -0.2) is 0 Å². The smallest absolute Gasteiger partial charge is 0.325 e. The van der Waals surface area contributed by atoms with Gasteiger partial charge in [-0.3, -0.25) is 9.59 Å². The van der Waals surface area contributed by atoms with E-state index in [2.05, 4.69) is 0 Å². The largest absolute Gasteiger partial charge is 0.480 e. The van der Waals surface area contributed by atoms with Crippen LogP contribution < -0.4 is 0 Å². The van der Waals surface area contributed by atoms with E-state index in [4.69, 9.17) is 16.7 Å². The molecule has 0 saturated heterocycles. The summed E-state index contributed by atoms with van der Waals surface area (Å²) in [5, 5.41) is 8.79. The van der Waals surface area contributed by atoms with Crippen LogP contribution in [0.15, 0.2) is 30.3 Å². The average Bonchev–Trinajstić information content (AvgIpc) is 2.93. The molecular weight excluding hydrogens is 216 g/mol. The molecule has 2 unspecified atom stereocenters. The van der Waals surface area contributed by atoms with Crippen molar-refractivity contribution >= 4 is 23.4 Å². The number of hydrogen-bond acceptors (Lipinski definition) is 2. The van der Waals surface area contributed by atoms with Gasteiger partial charge in [0.2, 0.25) is 0 Å². The zero-order valence-corrected chi connectivity index (χ0v) is 8.57. The van der Waals surface area contributed by atoms with Crippen LogP contribution in [0.25, 0.3) is 0 Å². The van der Waals surface area contributed by atoms with Gasteiger partial charge in [-0.05, 0) is 6.42 Å². The number of ketones is 1. The van der Waals surface area contributed by atoms with Crippen LogP contribution in [0.3, 0.4) is 0 Å². The van der Waals surface area contributed by atoms with Gasteiger partial charge in [0, 0.05) is 5.56 Å². The summed E-state index contributed by atoms with van der Waals surface area (Å²) in [5.74, 6) is -1.88. The molecular formula is C11H9ClO3. The molecule has 4 heteroatoms. The monoisotopic (exact) mass is 224 g/mol. The fourth-order valence-corrected chi connectivity index (χ4v) is 1.83. The first-order valence-corrected chi connectivity index (χ1v) is 4.95. The predicted molar refractivity (Wildman–Crippen MR) is 55.1 cm³/mol. The number of halogens is 1. The number of rotatable bonds is 3. The molecule has 78 valence electrons. The minimum atomic E-state index is -1.37. The summed E-state index contributed by atoms with van der Waals surface area (Å²) in [4.78, 5) is 21.2. The molecule has 3 nitrogen and oxygen atoms in total. The maximum atomic E-state index is 11.8. The number of alkyl halides is 1. The first kappa shape index (κ1) is 10.2. The lowest BCUT2D eigenvalue weighted by atomic mass is 10.1. The van der Waals surface area contributed by atoms with Crippen molar-refractivity contribution in [2.75, 3.05) is 0 Å². The summed E-state index contributed by atoms with van der Waals surface area (Å²) < 4.78 is 0. The number of Topliss-reactive ketones (excluding diaryl/α,β-unsaturated/α-hetero) is 1. The fraction of sp³-hybridized carbons (Fsp3) is 0.273. The Morgan fingerprint density at radius 2 is 1.93 bits per heavy atom. The van der Waals surface area contributed by atoms with E-state index in [1.54, 1.807) is 30.3 Å². The fourth-order valence-electron chi connectivity index (χ4n) is 1.58. The number of carbonyl (C=O) groups excluding carboxylic acids is 1. The van der Waals surface area contributed by atoms with Crippen molar-refractivity contribution in [3.05, 3.63) is 35.9 Å². The van der Waals surface area contributed by atoms with E-state index in [1.165, 1.54) is 0 Å².